The average molecular weight is 482 g/mol. The lowest BCUT2D eigenvalue weighted by Crippen LogP contribution is -2.10. The smallest absolute Gasteiger partial charge is 0.420 e. The molecule has 1 aromatic heterocycles. The Bertz CT molecular complexity index is 1040. The third kappa shape index (κ3) is 7.08. The summed E-state index contributed by atoms with van der Waals surface area (Å²) in [5.74, 6) is -0.573. The molecule has 33 heavy (non-hydrogen) atoms. The summed E-state index contributed by atoms with van der Waals surface area (Å²) in [5, 5.41) is 3.59. The standard InChI is InChI=1S/C24H27F4N3OS/c1-2-3-4-5-6-7-14-32-20-13-12-18(15-19(20)24(26,27)28)30-23-31-21(22(29)33-23)16-8-10-17(25)11-9-16/h8-13,15H,2-7,14,29H2,1H3,(H,30,31). The molecule has 3 N–H and O–H groups in total. The van der Waals surface area contributed by atoms with Crippen molar-refractivity contribution in [2.75, 3.05) is 17.7 Å². The van der Waals surface area contributed by atoms with E-state index in [9.17, 15) is 17.6 Å². The first-order valence-corrected chi connectivity index (χ1v) is 11.7. The molecule has 0 amide bonds. The minimum absolute atomic E-state index is 0.188. The lowest BCUT2D eigenvalue weighted by Gasteiger charge is -2.15. The minimum Gasteiger partial charge on any atom is -0.493 e. The maximum Gasteiger partial charge on any atom is 0.420 e. The third-order valence-electron chi connectivity index (χ3n) is 5.06. The van der Waals surface area contributed by atoms with Crippen molar-refractivity contribution in [2.24, 2.45) is 0 Å². The fraction of sp³-hybridized carbons (Fsp3) is 0.375. The summed E-state index contributed by atoms with van der Waals surface area (Å²) >= 11 is 1.10. The molecule has 3 aromatic rings. The first kappa shape index (κ1) is 24.8. The van der Waals surface area contributed by atoms with E-state index in [1.165, 1.54) is 30.7 Å². The van der Waals surface area contributed by atoms with E-state index in [1.807, 2.05) is 0 Å². The molecule has 0 atom stereocenters. The zero-order chi connectivity index (χ0) is 23.8. The third-order valence-corrected chi connectivity index (χ3v) is 5.86. The van der Waals surface area contributed by atoms with Crippen LogP contribution in [0.15, 0.2) is 42.5 Å². The van der Waals surface area contributed by atoms with Crippen molar-refractivity contribution in [2.45, 2.75) is 51.6 Å². The van der Waals surface area contributed by atoms with E-state index in [0.717, 1.165) is 43.1 Å². The van der Waals surface area contributed by atoms with E-state index in [1.54, 1.807) is 12.1 Å². The van der Waals surface area contributed by atoms with Gasteiger partial charge in [0.05, 0.1) is 12.2 Å². The van der Waals surface area contributed by atoms with Crippen LogP contribution in [0.2, 0.25) is 0 Å². The molecule has 0 bridgehead atoms. The minimum atomic E-state index is -4.56. The molecule has 0 unspecified atom stereocenters. The Labute approximate surface area is 194 Å². The van der Waals surface area contributed by atoms with Crippen molar-refractivity contribution >= 4 is 27.2 Å². The van der Waals surface area contributed by atoms with Crippen LogP contribution in [0, 0.1) is 5.82 Å². The SMILES string of the molecule is CCCCCCCCOc1ccc(Nc2nc(-c3ccc(F)cc3)c(N)s2)cc1C(F)(F)F. The van der Waals surface area contributed by atoms with Gasteiger partial charge in [-0.25, -0.2) is 9.37 Å². The van der Waals surface area contributed by atoms with Gasteiger partial charge in [-0.05, 0) is 48.9 Å². The van der Waals surface area contributed by atoms with Crippen LogP contribution in [0.4, 0.5) is 33.4 Å². The number of hydrogen-bond donors (Lipinski definition) is 2. The zero-order valence-electron chi connectivity index (χ0n) is 18.3. The second-order valence-electron chi connectivity index (χ2n) is 7.69. The van der Waals surface area contributed by atoms with Crippen molar-refractivity contribution in [3.63, 3.8) is 0 Å². The Morgan fingerprint density at radius 3 is 2.39 bits per heavy atom. The molecule has 0 fully saturated rings. The highest BCUT2D eigenvalue weighted by Gasteiger charge is 2.34. The molecular formula is C24H27F4N3OS. The summed E-state index contributed by atoms with van der Waals surface area (Å²) in [7, 11) is 0. The molecule has 0 saturated heterocycles. The van der Waals surface area contributed by atoms with Crippen LogP contribution in [0.25, 0.3) is 11.3 Å². The Balaban J connectivity index is 1.69. The number of aromatic nitrogens is 1. The number of halogens is 4. The number of thiazole rings is 1. The zero-order valence-corrected chi connectivity index (χ0v) is 19.2. The van der Waals surface area contributed by atoms with E-state index in [-0.39, 0.29) is 23.9 Å². The van der Waals surface area contributed by atoms with Crippen molar-refractivity contribution < 1.29 is 22.3 Å². The van der Waals surface area contributed by atoms with E-state index in [4.69, 9.17) is 10.5 Å². The molecule has 0 aliphatic heterocycles. The maximum absolute atomic E-state index is 13.6. The van der Waals surface area contributed by atoms with Crippen LogP contribution in [-0.4, -0.2) is 11.6 Å². The van der Waals surface area contributed by atoms with Crippen LogP contribution in [-0.2, 0) is 6.18 Å². The number of nitrogens with zero attached hydrogens (tertiary/aromatic N) is 1. The van der Waals surface area contributed by atoms with Gasteiger partial charge in [-0.2, -0.15) is 13.2 Å². The molecule has 3 rings (SSSR count). The highest BCUT2D eigenvalue weighted by molar-refractivity contribution is 7.19. The number of benzene rings is 2. The van der Waals surface area contributed by atoms with Gasteiger partial charge in [0, 0.05) is 11.3 Å². The number of anilines is 3. The molecule has 0 spiro atoms. The maximum atomic E-state index is 13.6. The van der Waals surface area contributed by atoms with Gasteiger partial charge in [0.25, 0.3) is 0 Å². The summed E-state index contributed by atoms with van der Waals surface area (Å²) in [6.07, 6.45) is 1.60. The molecule has 4 nitrogen and oxygen atoms in total. The Hall–Kier alpha value is -2.81. The Kier molecular flexibility index (Phi) is 8.55. The molecular weight excluding hydrogens is 454 g/mol. The Morgan fingerprint density at radius 2 is 1.70 bits per heavy atom. The van der Waals surface area contributed by atoms with E-state index >= 15 is 0 Å². The van der Waals surface area contributed by atoms with Gasteiger partial charge in [-0.15, -0.1) is 0 Å². The first-order chi connectivity index (χ1) is 15.8. The van der Waals surface area contributed by atoms with Crippen LogP contribution in [0.5, 0.6) is 5.75 Å². The molecule has 0 aliphatic carbocycles. The van der Waals surface area contributed by atoms with E-state index in [0.29, 0.717) is 27.8 Å². The fourth-order valence-corrected chi connectivity index (χ4v) is 4.12. The number of nitrogen functional groups attached to an aromatic ring is 1. The highest BCUT2D eigenvalue weighted by Crippen LogP contribution is 2.40. The van der Waals surface area contributed by atoms with Gasteiger partial charge in [-0.3, -0.25) is 0 Å². The summed E-state index contributed by atoms with van der Waals surface area (Å²) in [4.78, 5) is 4.36. The molecule has 0 saturated carbocycles. The summed E-state index contributed by atoms with van der Waals surface area (Å²) in [5.41, 5.74) is 6.45. The van der Waals surface area contributed by atoms with E-state index in [2.05, 4.69) is 17.2 Å². The predicted octanol–water partition coefficient (Wildman–Crippen LogP) is 8.03. The lowest BCUT2D eigenvalue weighted by atomic mass is 10.1. The fourth-order valence-electron chi connectivity index (χ4n) is 3.34. The van der Waals surface area contributed by atoms with Crippen molar-refractivity contribution in [1.29, 1.82) is 0 Å². The van der Waals surface area contributed by atoms with Crippen LogP contribution < -0.4 is 15.8 Å². The molecule has 0 radical (unpaired) electrons. The number of nitrogens with one attached hydrogen (secondary N) is 1. The van der Waals surface area contributed by atoms with Gasteiger partial charge in [-0.1, -0.05) is 50.4 Å². The normalized spacial score (nSPS) is 11.5. The number of ether oxygens (including phenoxy) is 1. The molecule has 1 heterocycles. The Morgan fingerprint density at radius 1 is 1.00 bits per heavy atom. The van der Waals surface area contributed by atoms with Gasteiger partial charge in [0.15, 0.2) is 5.13 Å². The monoisotopic (exact) mass is 481 g/mol. The van der Waals surface area contributed by atoms with Gasteiger partial charge >= 0.3 is 6.18 Å². The number of nitrogens with two attached hydrogens (primary N) is 1. The van der Waals surface area contributed by atoms with Crippen molar-refractivity contribution in [3.8, 4) is 17.0 Å². The summed E-state index contributed by atoms with van der Waals surface area (Å²) in [6, 6.07) is 9.51. The second-order valence-corrected chi connectivity index (χ2v) is 8.72. The van der Waals surface area contributed by atoms with Crippen molar-refractivity contribution in [3.05, 3.63) is 53.8 Å². The number of alkyl halides is 3. The molecule has 2 aromatic carbocycles. The molecule has 178 valence electrons. The molecule has 0 aliphatic rings. The van der Waals surface area contributed by atoms with Crippen LogP contribution >= 0.6 is 11.3 Å². The van der Waals surface area contributed by atoms with Gasteiger partial charge in [0.1, 0.15) is 22.3 Å². The quantitative estimate of drug-likeness (QED) is 0.215. The predicted molar refractivity (Wildman–Crippen MR) is 126 cm³/mol. The number of hydrogen-bond acceptors (Lipinski definition) is 5. The van der Waals surface area contributed by atoms with Crippen LogP contribution in [0.3, 0.4) is 0 Å². The summed E-state index contributed by atoms with van der Waals surface area (Å²) < 4.78 is 59.5. The lowest BCUT2D eigenvalue weighted by molar-refractivity contribution is -0.138. The van der Waals surface area contributed by atoms with Crippen LogP contribution in [0.1, 0.15) is 51.0 Å². The summed E-state index contributed by atoms with van der Waals surface area (Å²) in [6.45, 7) is 2.38. The first-order valence-electron chi connectivity index (χ1n) is 10.9. The number of rotatable bonds is 11. The highest BCUT2D eigenvalue weighted by atomic mass is 32.1. The van der Waals surface area contributed by atoms with E-state index < -0.39 is 11.7 Å². The second kappa shape index (κ2) is 11.4. The number of unbranched alkanes of at least 4 members (excludes halogenated alkanes) is 5. The largest absolute Gasteiger partial charge is 0.493 e. The van der Waals surface area contributed by atoms with Crippen molar-refractivity contribution in [1.82, 2.24) is 4.98 Å². The van der Waals surface area contributed by atoms with Gasteiger partial charge in [0.2, 0.25) is 0 Å². The average Bonchev–Trinajstić information content (AvgIpc) is 3.13. The topological polar surface area (TPSA) is 60.2 Å². The van der Waals surface area contributed by atoms with Gasteiger partial charge < -0.3 is 15.8 Å². The molecule has 9 heteroatoms.